The van der Waals surface area contributed by atoms with Crippen molar-refractivity contribution in [1.82, 2.24) is 19.7 Å². The lowest BCUT2D eigenvalue weighted by molar-refractivity contribution is -0.384. The zero-order valence-corrected chi connectivity index (χ0v) is 18.4. The maximum Gasteiger partial charge on any atom is 0.269 e. The maximum absolute atomic E-state index is 13.4. The highest BCUT2D eigenvalue weighted by atomic mass is 16.6. The number of amides is 1. The van der Waals surface area contributed by atoms with Crippen molar-refractivity contribution in [3.05, 3.63) is 100 Å². The predicted molar refractivity (Wildman–Crippen MR) is 128 cm³/mol. The number of nitro groups is 1. The van der Waals surface area contributed by atoms with Crippen LogP contribution in [0.15, 0.2) is 84.3 Å². The van der Waals surface area contributed by atoms with E-state index in [1.807, 2.05) is 0 Å². The van der Waals surface area contributed by atoms with E-state index in [1.54, 1.807) is 72.5 Å². The van der Waals surface area contributed by atoms with Crippen molar-refractivity contribution in [3.63, 3.8) is 0 Å². The molecule has 2 aromatic carbocycles. The van der Waals surface area contributed by atoms with Crippen LogP contribution in [0.25, 0.3) is 11.4 Å². The lowest BCUT2D eigenvalue weighted by Crippen LogP contribution is -2.31. The SMILES string of the molecule is CC1=C(C(=O)Nc2cccnc2)C(c2cccc(O)c2)n2nc(-c3ccc([N+](=O)[O-])cc3)nc2N1. The van der Waals surface area contributed by atoms with E-state index in [1.165, 1.54) is 12.1 Å². The number of pyridine rings is 1. The second-order valence-electron chi connectivity index (χ2n) is 7.86. The number of nitrogens with zero attached hydrogens (tertiary/aromatic N) is 5. The Kier molecular flexibility index (Phi) is 5.41. The fourth-order valence-corrected chi connectivity index (χ4v) is 3.94. The van der Waals surface area contributed by atoms with E-state index in [4.69, 9.17) is 0 Å². The zero-order valence-electron chi connectivity index (χ0n) is 18.4. The number of phenolic OH excluding ortho intramolecular Hbond substituents is 1. The number of hydrogen-bond donors (Lipinski definition) is 3. The first-order chi connectivity index (χ1) is 16.9. The van der Waals surface area contributed by atoms with E-state index in [9.17, 15) is 20.0 Å². The predicted octanol–water partition coefficient (Wildman–Crippen LogP) is 3.88. The van der Waals surface area contributed by atoms with Gasteiger partial charge < -0.3 is 15.7 Å². The van der Waals surface area contributed by atoms with Crippen molar-refractivity contribution in [2.24, 2.45) is 0 Å². The van der Waals surface area contributed by atoms with Crippen LogP contribution >= 0.6 is 0 Å². The zero-order chi connectivity index (χ0) is 24.5. The normalized spacial score (nSPS) is 14.7. The molecule has 0 fully saturated rings. The molecule has 3 N–H and O–H groups in total. The molecule has 11 nitrogen and oxygen atoms in total. The lowest BCUT2D eigenvalue weighted by atomic mass is 9.95. The first kappa shape index (κ1) is 21.8. The largest absolute Gasteiger partial charge is 0.508 e. The average molecular weight is 469 g/mol. The number of aromatic nitrogens is 4. The standard InChI is InChI=1S/C24H19N7O4/c1-14-20(23(33)27-17-5-3-11-25-13-17)21(16-4-2-6-19(32)12-16)30-24(26-14)28-22(29-30)15-7-9-18(10-8-15)31(34)35/h2-13,21,32H,1H3,(H,27,33)(H,26,28,29). The number of carbonyl (C=O) groups excluding carboxylic acids is 1. The van der Waals surface area contributed by atoms with Crippen LogP contribution in [0.2, 0.25) is 0 Å². The molecule has 1 aliphatic rings. The highest BCUT2D eigenvalue weighted by molar-refractivity contribution is 6.06. The molecule has 1 atom stereocenters. The van der Waals surface area contributed by atoms with Gasteiger partial charge >= 0.3 is 0 Å². The molecule has 2 aromatic heterocycles. The molecule has 4 aromatic rings. The number of non-ortho nitro benzene ring substituents is 1. The van der Waals surface area contributed by atoms with Gasteiger partial charge in [-0.3, -0.25) is 19.9 Å². The Bertz CT molecular complexity index is 1460. The van der Waals surface area contributed by atoms with Crippen LogP contribution in [0.1, 0.15) is 18.5 Å². The molecular formula is C24H19N7O4. The summed E-state index contributed by atoms with van der Waals surface area (Å²) in [4.78, 5) is 32.5. The first-order valence-electron chi connectivity index (χ1n) is 10.6. The number of rotatable bonds is 5. The van der Waals surface area contributed by atoms with E-state index in [0.717, 1.165) is 0 Å². The van der Waals surface area contributed by atoms with Gasteiger partial charge in [0.05, 0.1) is 22.4 Å². The molecule has 0 radical (unpaired) electrons. The van der Waals surface area contributed by atoms with E-state index in [-0.39, 0.29) is 17.3 Å². The Morgan fingerprint density at radius 2 is 1.97 bits per heavy atom. The summed E-state index contributed by atoms with van der Waals surface area (Å²) >= 11 is 0. The van der Waals surface area contributed by atoms with Gasteiger partial charge in [-0.1, -0.05) is 12.1 Å². The number of carbonyl (C=O) groups is 1. The number of hydrogen-bond acceptors (Lipinski definition) is 8. The summed E-state index contributed by atoms with van der Waals surface area (Å²) in [5, 5.41) is 31.7. The van der Waals surface area contributed by atoms with E-state index in [0.29, 0.717) is 39.9 Å². The number of nitro benzene ring substituents is 1. The summed E-state index contributed by atoms with van der Waals surface area (Å²) in [6, 6.07) is 15.2. The molecule has 0 aliphatic carbocycles. The third kappa shape index (κ3) is 4.17. The van der Waals surface area contributed by atoms with Gasteiger partial charge in [0.1, 0.15) is 11.8 Å². The maximum atomic E-state index is 13.4. The molecule has 174 valence electrons. The molecule has 35 heavy (non-hydrogen) atoms. The quantitative estimate of drug-likeness (QED) is 0.295. The molecule has 0 saturated heterocycles. The molecular weight excluding hydrogens is 450 g/mol. The minimum Gasteiger partial charge on any atom is -0.508 e. The third-order valence-electron chi connectivity index (χ3n) is 5.54. The fourth-order valence-electron chi connectivity index (χ4n) is 3.94. The van der Waals surface area contributed by atoms with Crippen LogP contribution < -0.4 is 10.6 Å². The highest BCUT2D eigenvalue weighted by Gasteiger charge is 2.34. The summed E-state index contributed by atoms with van der Waals surface area (Å²) in [6.45, 7) is 1.76. The molecule has 1 aliphatic heterocycles. The third-order valence-corrected chi connectivity index (χ3v) is 5.54. The lowest BCUT2D eigenvalue weighted by Gasteiger charge is -2.28. The van der Waals surface area contributed by atoms with Crippen LogP contribution in [0.3, 0.4) is 0 Å². The van der Waals surface area contributed by atoms with Crippen LogP contribution in [0.5, 0.6) is 5.75 Å². The van der Waals surface area contributed by atoms with Crippen LogP contribution in [0.4, 0.5) is 17.3 Å². The van der Waals surface area contributed by atoms with Gasteiger partial charge in [-0.25, -0.2) is 4.68 Å². The Hall–Kier alpha value is -5.06. The second kappa shape index (κ2) is 8.71. The summed E-state index contributed by atoms with van der Waals surface area (Å²) in [6.07, 6.45) is 3.15. The van der Waals surface area contributed by atoms with Gasteiger partial charge in [0.15, 0.2) is 5.82 Å². The molecule has 3 heterocycles. The summed E-state index contributed by atoms with van der Waals surface area (Å²) in [7, 11) is 0. The number of nitrogens with one attached hydrogen (secondary N) is 2. The second-order valence-corrected chi connectivity index (χ2v) is 7.86. The number of aromatic hydroxyl groups is 1. The highest BCUT2D eigenvalue weighted by Crippen LogP contribution is 2.37. The van der Waals surface area contributed by atoms with Crippen LogP contribution in [-0.2, 0) is 4.79 Å². The van der Waals surface area contributed by atoms with Gasteiger partial charge in [0.2, 0.25) is 5.95 Å². The Morgan fingerprint density at radius 1 is 1.17 bits per heavy atom. The van der Waals surface area contributed by atoms with Crippen molar-refractivity contribution < 1.29 is 14.8 Å². The molecule has 1 unspecified atom stereocenters. The van der Waals surface area contributed by atoms with Crippen molar-refractivity contribution in [1.29, 1.82) is 0 Å². The number of anilines is 2. The number of phenols is 1. The molecule has 5 rings (SSSR count). The number of benzene rings is 2. The Morgan fingerprint density at radius 3 is 2.66 bits per heavy atom. The van der Waals surface area contributed by atoms with E-state index in [2.05, 4.69) is 25.7 Å². The number of fused-ring (bicyclic) bond motifs is 1. The van der Waals surface area contributed by atoms with Crippen LogP contribution in [0, 0.1) is 10.1 Å². The average Bonchev–Trinajstić information content (AvgIpc) is 3.27. The molecule has 11 heteroatoms. The van der Waals surface area contributed by atoms with Crippen molar-refractivity contribution in [3.8, 4) is 17.1 Å². The topological polar surface area (TPSA) is 148 Å². The smallest absolute Gasteiger partial charge is 0.269 e. The van der Waals surface area contributed by atoms with Crippen molar-refractivity contribution >= 4 is 23.2 Å². The summed E-state index contributed by atoms with van der Waals surface area (Å²) in [5.74, 6) is 0.397. The van der Waals surface area contributed by atoms with E-state index < -0.39 is 11.0 Å². The minimum absolute atomic E-state index is 0.0413. The van der Waals surface area contributed by atoms with Gasteiger partial charge in [0.25, 0.3) is 11.6 Å². The molecule has 1 amide bonds. The first-order valence-corrected chi connectivity index (χ1v) is 10.6. The summed E-state index contributed by atoms with van der Waals surface area (Å²) in [5.41, 5.74) is 2.64. The minimum atomic E-state index is -0.700. The van der Waals surface area contributed by atoms with Gasteiger partial charge in [-0.2, -0.15) is 4.98 Å². The molecule has 0 bridgehead atoms. The molecule has 0 saturated carbocycles. The van der Waals surface area contributed by atoms with Crippen molar-refractivity contribution in [2.45, 2.75) is 13.0 Å². The number of allylic oxidation sites excluding steroid dienone is 1. The van der Waals surface area contributed by atoms with Crippen molar-refractivity contribution in [2.75, 3.05) is 10.6 Å². The summed E-state index contributed by atoms with van der Waals surface area (Å²) < 4.78 is 1.57. The van der Waals surface area contributed by atoms with Gasteiger partial charge in [-0.15, -0.1) is 5.10 Å². The Balaban J connectivity index is 1.59. The van der Waals surface area contributed by atoms with Crippen LogP contribution in [-0.4, -0.2) is 35.7 Å². The van der Waals surface area contributed by atoms with Gasteiger partial charge in [-0.05, 0) is 48.9 Å². The van der Waals surface area contributed by atoms with E-state index >= 15 is 0 Å². The monoisotopic (exact) mass is 469 g/mol. The fraction of sp³-hybridized carbons (Fsp3) is 0.0833. The Labute approximate surface area is 198 Å². The van der Waals surface area contributed by atoms with Gasteiger partial charge in [0, 0.05) is 29.6 Å². The molecule has 0 spiro atoms.